The molecule has 1 saturated heterocycles. The van der Waals surface area contributed by atoms with Crippen molar-refractivity contribution in [1.82, 2.24) is 0 Å². The van der Waals surface area contributed by atoms with Gasteiger partial charge in [-0.05, 0) is 31.2 Å². The number of ether oxygens (including phenoxy) is 3. The van der Waals surface area contributed by atoms with Crippen LogP contribution in [0.25, 0.3) is 0 Å². The van der Waals surface area contributed by atoms with Crippen LogP contribution in [0.3, 0.4) is 0 Å². The van der Waals surface area contributed by atoms with Gasteiger partial charge < -0.3 is 19.5 Å². The van der Waals surface area contributed by atoms with Crippen LogP contribution in [0.15, 0.2) is 42.5 Å². The molecule has 27 heavy (non-hydrogen) atoms. The van der Waals surface area contributed by atoms with E-state index in [1.165, 1.54) is 12.0 Å². The van der Waals surface area contributed by atoms with E-state index in [4.69, 9.17) is 14.2 Å². The molecule has 0 aromatic heterocycles. The van der Waals surface area contributed by atoms with Crippen LogP contribution >= 0.6 is 0 Å². The van der Waals surface area contributed by atoms with Crippen LogP contribution in [-0.4, -0.2) is 38.7 Å². The van der Waals surface area contributed by atoms with Crippen molar-refractivity contribution in [2.45, 2.75) is 19.4 Å². The molecule has 1 aliphatic heterocycles. The lowest BCUT2D eigenvalue weighted by molar-refractivity contribution is -0.121. The van der Waals surface area contributed by atoms with Gasteiger partial charge in [-0.25, -0.2) is 4.90 Å². The molecule has 1 N–H and O–H groups in total. The number of amides is 2. The number of carbonyl (C=O) groups excluding carboxylic acids is 2. The molecule has 7 nitrogen and oxygen atoms in total. The SMILES string of the molecule is CCOc1ccccc1N1C(=O)C[C@H](Nc2ccc(OC)cc2OC)C1=O. The summed E-state index contributed by atoms with van der Waals surface area (Å²) in [6.07, 6.45) is 0.0501. The van der Waals surface area contributed by atoms with Gasteiger partial charge in [-0.15, -0.1) is 0 Å². The van der Waals surface area contributed by atoms with Gasteiger partial charge in [0.2, 0.25) is 5.91 Å². The van der Waals surface area contributed by atoms with Crippen LogP contribution in [0.5, 0.6) is 17.2 Å². The monoisotopic (exact) mass is 370 g/mol. The normalized spacial score (nSPS) is 16.4. The van der Waals surface area contributed by atoms with E-state index in [0.717, 1.165) is 0 Å². The second-order valence-electron chi connectivity index (χ2n) is 5.94. The van der Waals surface area contributed by atoms with Crippen LogP contribution in [0.2, 0.25) is 0 Å². The second-order valence-corrected chi connectivity index (χ2v) is 5.94. The predicted octanol–water partition coefficient (Wildman–Crippen LogP) is 2.85. The molecule has 0 aliphatic carbocycles. The van der Waals surface area contributed by atoms with Gasteiger partial charge in [-0.1, -0.05) is 12.1 Å². The highest BCUT2D eigenvalue weighted by atomic mass is 16.5. The number of rotatable bonds is 7. The minimum Gasteiger partial charge on any atom is -0.497 e. The van der Waals surface area contributed by atoms with E-state index >= 15 is 0 Å². The highest BCUT2D eigenvalue weighted by Crippen LogP contribution is 2.35. The van der Waals surface area contributed by atoms with Crippen molar-refractivity contribution in [3.63, 3.8) is 0 Å². The molecule has 0 unspecified atom stereocenters. The Bertz CT molecular complexity index is 852. The fourth-order valence-corrected chi connectivity index (χ4v) is 3.02. The zero-order chi connectivity index (χ0) is 19.4. The van der Waals surface area contributed by atoms with E-state index in [-0.39, 0.29) is 18.2 Å². The Balaban J connectivity index is 1.85. The van der Waals surface area contributed by atoms with Crippen LogP contribution in [-0.2, 0) is 9.59 Å². The summed E-state index contributed by atoms with van der Waals surface area (Å²) < 4.78 is 16.1. The third-order valence-corrected chi connectivity index (χ3v) is 4.29. The molecule has 2 amide bonds. The summed E-state index contributed by atoms with van der Waals surface area (Å²) in [4.78, 5) is 26.7. The number of hydrogen-bond donors (Lipinski definition) is 1. The number of imide groups is 1. The predicted molar refractivity (Wildman–Crippen MR) is 102 cm³/mol. The van der Waals surface area contributed by atoms with Crippen LogP contribution < -0.4 is 24.4 Å². The van der Waals surface area contributed by atoms with Crippen molar-refractivity contribution in [3.05, 3.63) is 42.5 Å². The Hall–Kier alpha value is -3.22. The molecule has 0 bridgehead atoms. The zero-order valence-corrected chi connectivity index (χ0v) is 15.5. The summed E-state index contributed by atoms with van der Waals surface area (Å²) in [5.74, 6) is 1.06. The second kappa shape index (κ2) is 7.99. The van der Waals surface area contributed by atoms with Gasteiger partial charge in [0.15, 0.2) is 0 Å². The molecule has 3 rings (SSSR count). The summed E-state index contributed by atoms with van der Waals surface area (Å²) in [5.41, 5.74) is 1.07. The molecule has 2 aromatic rings. The molecule has 0 radical (unpaired) electrons. The maximum atomic E-state index is 12.9. The number of methoxy groups -OCH3 is 2. The molecular weight excluding hydrogens is 348 g/mol. The average molecular weight is 370 g/mol. The van der Waals surface area contributed by atoms with Gasteiger partial charge >= 0.3 is 0 Å². The van der Waals surface area contributed by atoms with Gasteiger partial charge in [0.1, 0.15) is 23.3 Å². The molecule has 1 fully saturated rings. The third kappa shape index (κ3) is 3.67. The fraction of sp³-hybridized carbons (Fsp3) is 0.300. The van der Waals surface area contributed by atoms with Crippen molar-refractivity contribution in [2.24, 2.45) is 0 Å². The lowest BCUT2D eigenvalue weighted by Crippen LogP contribution is -2.35. The number of carbonyl (C=O) groups is 2. The van der Waals surface area contributed by atoms with Crippen molar-refractivity contribution < 1.29 is 23.8 Å². The van der Waals surface area contributed by atoms with Crippen molar-refractivity contribution >= 4 is 23.2 Å². The first kappa shape index (κ1) is 18.6. The Kier molecular flexibility index (Phi) is 5.49. The Morgan fingerprint density at radius 2 is 1.85 bits per heavy atom. The molecule has 0 spiro atoms. The molecule has 2 aromatic carbocycles. The first-order valence-electron chi connectivity index (χ1n) is 8.66. The lowest BCUT2D eigenvalue weighted by Gasteiger charge is -2.19. The zero-order valence-electron chi connectivity index (χ0n) is 15.5. The Morgan fingerprint density at radius 3 is 2.56 bits per heavy atom. The van der Waals surface area contributed by atoms with E-state index in [1.807, 2.05) is 6.92 Å². The number of hydrogen-bond acceptors (Lipinski definition) is 6. The fourth-order valence-electron chi connectivity index (χ4n) is 3.02. The molecular formula is C20H22N2O5. The first-order chi connectivity index (χ1) is 13.1. The highest BCUT2D eigenvalue weighted by molar-refractivity contribution is 6.23. The van der Waals surface area contributed by atoms with E-state index < -0.39 is 6.04 Å². The summed E-state index contributed by atoms with van der Waals surface area (Å²) in [6.45, 7) is 2.29. The number of anilines is 2. The van der Waals surface area contributed by atoms with E-state index in [9.17, 15) is 9.59 Å². The molecule has 1 heterocycles. The smallest absolute Gasteiger partial charge is 0.256 e. The quantitative estimate of drug-likeness (QED) is 0.755. The number of benzene rings is 2. The van der Waals surface area contributed by atoms with E-state index in [2.05, 4.69) is 5.32 Å². The third-order valence-electron chi connectivity index (χ3n) is 4.29. The number of para-hydroxylation sites is 2. The van der Waals surface area contributed by atoms with E-state index in [0.29, 0.717) is 35.2 Å². The molecule has 0 saturated carbocycles. The van der Waals surface area contributed by atoms with Crippen LogP contribution in [0, 0.1) is 0 Å². The van der Waals surface area contributed by atoms with Crippen LogP contribution in [0.1, 0.15) is 13.3 Å². The summed E-state index contributed by atoms with van der Waals surface area (Å²) in [7, 11) is 3.10. The maximum absolute atomic E-state index is 12.9. The van der Waals surface area contributed by atoms with Crippen LogP contribution in [0.4, 0.5) is 11.4 Å². The van der Waals surface area contributed by atoms with Crippen molar-refractivity contribution in [3.8, 4) is 17.2 Å². The molecule has 142 valence electrons. The standard InChI is InChI=1S/C20H22N2O5/c1-4-27-17-8-6-5-7-16(17)22-19(23)12-15(20(22)24)21-14-10-9-13(25-2)11-18(14)26-3/h5-11,15,21H,4,12H2,1-3H3/t15-/m0/s1. The van der Waals surface area contributed by atoms with Crippen molar-refractivity contribution in [2.75, 3.05) is 31.0 Å². The first-order valence-corrected chi connectivity index (χ1v) is 8.66. The summed E-state index contributed by atoms with van der Waals surface area (Å²) >= 11 is 0. The van der Waals surface area contributed by atoms with Crippen molar-refractivity contribution in [1.29, 1.82) is 0 Å². The van der Waals surface area contributed by atoms with Gasteiger partial charge in [0.25, 0.3) is 5.91 Å². The molecule has 1 atom stereocenters. The molecule has 7 heteroatoms. The Morgan fingerprint density at radius 1 is 1.07 bits per heavy atom. The Labute approximate surface area is 157 Å². The number of nitrogens with zero attached hydrogens (tertiary/aromatic N) is 1. The van der Waals surface area contributed by atoms with Gasteiger partial charge in [-0.3, -0.25) is 9.59 Å². The van der Waals surface area contributed by atoms with Gasteiger partial charge in [-0.2, -0.15) is 0 Å². The minimum atomic E-state index is -0.686. The largest absolute Gasteiger partial charge is 0.497 e. The van der Waals surface area contributed by atoms with Gasteiger partial charge in [0.05, 0.1) is 38.6 Å². The summed E-state index contributed by atoms with van der Waals surface area (Å²) in [6, 6.07) is 11.6. The maximum Gasteiger partial charge on any atom is 0.256 e. The lowest BCUT2D eigenvalue weighted by atomic mass is 10.2. The van der Waals surface area contributed by atoms with Gasteiger partial charge in [0, 0.05) is 6.07 Å². The summed E-state index contributed by atoms with van der Waals surface area (Å²) in [5, 5.41) is 3.11. The minimum absolute atomic E-state index is 0.0501. The van der Waals surface area contributed by atoms with E-state index in [1.54, 1.807) is 49.6 Å². The number of nitrogens with one attached hydrogen (secondary N) is 1. The highest BCUT2D eigenvalue weighted by Gasteiger charge is 2.41. The average Bonchev–Trinajstić information content (AvgIpc) is 2.96. The molecule has 1 aliphatic rings. The topological polar surface area (TPSA) is 77.1 Å².